The summed E-state index contributed by atoms with van der Waals surface area (Å²) in [5, 5.41) is 0. The molecule has 0 aliphatic heterocycles. The standard InChI is InChI=1S/C16H12F3NO/c17-16(18,19)13-7-4-11(5-8-13)6-9-15(21)12-2-1-3-14(20)10-12/h1-10H,20H2/b9-6+. The zero-order valence-corrected chi connectivity index (χ0v) is 10.9. The Balaban J connectivity index is 2.12. The maximum absolute atomic E-state index is 12.4. The van der Waals surface area contributed by atoms with E-state index in [2.05, 4.69) is 0 Å². The molecule has 2 rings (SSSR count). The van der Waals surface area contributed by atoms with Gasteiger partial charge in [-0.1, -0.05) is 30.3 Å². The zero-order chi connectivity index (χ0) is 15.5. The minimum Gasteiger partial charge on any atom is -0.399 e. The molecule has 0 heterocycles. The summed E-state index contributed by atoms with van der Waals surface area (Å²) in [5.74, 6) is -0.262. The normalized spacial score (nSPS) is 11.8. The SMILES string of the molecule is Nc1cccc(C(=O)/C=C/c2ccc(C(F)(F)F)cc2)c1. The zero-order valence-electron chi connectivity index (χ0n) is 10.9. The van der Waals surface area contributed by atoms with E-state index in [4.69, 9.17) is 5.73 Å². The highest BCUT2D eigenvalue weighted by Crippen LogP contribution is 2.29. The molecule has 0 fully saturated rings. The molecule has 0 saturated heterocycles. The number of hydrogen-bond donors (Lipinski definition) is 1. The fourth-order valence-corrected chi connectivity index (χ4v) is 1.74. The van der Waals surface area contributed by atoms with Crippen molar-refractivity contribution in [3.8, 4) is 0 Å². The van der Waals surface area contributed by atoms with E-state index in [0.29, 0.717) is 16.8 Å². The van der Waals surface area contributed by atoms with E-state index in [-0.39, 0.29) is 5.78 Å². The van der Waals surface area contributed by atoms with Crippen molar-refractivity contribution in [2.45, 2.75) is 6.18 Å². The van der Waals surface area contributed by atoms with Crippen LogP contribution < -0.4 is 5.73 Å². The highest BCUT2D eigenvalue weighted by Gasteiger charge is 2.29. The van der Waals surface area contributed by atoms with Gasteiger partial charge in [0.1, 0.15) is 0 Å². The molecule has 0 spiro atoms. The van der Waals surface area contributed by atoms with Crippen LogP contribution in [0.4, 0.5) is 18.9 Å². The summed E-state index contributed by atoms with van der Waals surface area (Å²) >= 11 is 0. The first kappa shape index (κ1) is 14.8. The van der Waals surface area contributed by atoms with Crippen LogP contribution in [0.2, 0.25) is 0 Å². The monoisotopic (exact) mass is 291 g/mol. The molecule has 0 bridgehead atoms. The van der Waals surface area contributed by atoms with Gasteiger partial charge in [0, 0.05) is 11.3 Å². The fraction of sp³-hybridized carbons (Fsp3) is 0.0625. The van der Waals surface area contributed by atoms with Crippen LogP contribution in [0, 0.1) is 0 Å². The minimum atomic E-state index is -4.36. The van der Waals surface area contributed by atoms with Crippen molar-refractivity contribution in [2.24, 2.45) is 0 Å². The molecule has 2 N–H and O–H groups in total. The van der Waals surface area contributed by atoms with Crippen LogP contribution in [0.25, 0.3) is 6.08 Å². The second kappa shape index (κ2) is 5.83. The van der Waals surface area contributed by atoms with E-state index in [1.54, 1.807) is 24.3 Å². The number of anilines is 1. The quantitative estimate of drug-likeness (QED) is 0.523. The van der Waals surface area contributed by atoms with E-state index in [1.165, 1.54) is 24.3 Å². The van der Waals surface area contributed by atoms with Gasteiger partial charge < -0.3 is 5.73 Å². The number of carbonyl (C=O) groups is 1. The number of allylic oxidation sites excluding steroid dienone is 1. The number of alkyl halides is 3. The van der Waals surface area contributed by atoms with Crippen molar-refractivity contribution in [2.75, 3.05) is 5.73 Å². The molecule has 0 atom stereocenters. The third-order valence-electron chi connectivity index (χ3n) is 2.84. The number of rotatable bonds is 3. The van der Waals surface area contributed by atoms with Gasteiger partial charge in [-0.15, -0.1) is 0 Å². The first-order valence-corrected chi connectivity index (χ1v) is 6.11. The predicted molar refractivity (Wildman–Crippen MR) is 75.7 cm³/mol. The van der Waals surface area contributed by atoms with Gasteiger partial charge in [-0.25, -0.2) is 0 Å². The third-order valence-corrected chi connectivity index (χ3v) is 2.84. The maximum atomic E-state index is 12.4. The number of nitrogens with two attached hydrogens (primary N) is 1. The van der Waals surface area contributed by atoms with Gasteiger partial charge in [-0.2, -0.15) is 13.2 Å². The molecule has 0 amide bonds. The van der Waals surface area contributed by atoms with Crippen LogP contribution in [0.5, 0.6) is 0 Å². The van der Waals surface area contributed by atoms with Crippen molar-refractivity contribution < 1.29 is 18.0 Å². The number of carbonyl (C=O) groups excluding carboxylic acids is 1. The number of hydrogen-bond acceptors (Lipinski definition) is 2. The summed E-state index contributed by atoms with van der Waals surface area (Å²) in [6, 6.07) is 11.1. The van der Waals surface area contributed by atoms with Crippen molar-refractivity contribution in [1.29, 1.82) is 0 Å². The van der Waals surface area contributed by atoms with Crippen molar-refractivity contribution in [3.63, 3.8) is 0 Å². The van der Waals surface area contributed by atoms with Gasteiger partial charge in [0.15, 0.2) is 5.78 Å². The molecule has 0 unspecified atom stereocenters. The van der Waals surface area contributed by atoms with Gasteiger partial charge >= 0.3 is 6.18 Å². The average Bonchev–Trinajstić information content (AvgIpc) is 2.44. The van der Waals surface area contributed by atoms with Crippen LogP contribution >= 0.6 is 0 Å². The molecule has 2 nitrogen and oxygen atoms in total. The van der Waals surface area contributed by atoms with Gasteiger partial charge in [-0.05, 0) is 35.9 Å². The van der Waals surface area contributed by atoms with Gasteiger partial charge in [0.05, 0.1) is 5.56 Å². The lowest BCUT2D eigenvalue weighted by Gasteiger charge is -2.05. The smallest absolute Gasteiger partial charge is 0.399 e. The molecule has 0 aromatic heterocycles. The van der Waals surface area contributed by atoms with Gasteiger partial charge in [0.25, 0.3) is 0 Å². The Morgan fingerprint density at radius 1 is 1.05 bits per heavy atom. The second-order valence-corrected chi connectivity index (χ2v) is 4.44. The Morgan fingerprint density at radius 2 is 1.71 bits per heavy atom. The summed E-state index contributed by atoms with van der Waals surface area (Å²) in [4.78, 5) is 11.9. The lowest BCUT2D eigenvalue weighted by atomic mass is 10.1. The predicted octanol–water partition coefficient (Wildman–Crippen LogP) is 4.18. The minimum absolute atomic E-state index is 0.262. The molecule has 0 aliphatic rings. The Hall–Kier alpha value is -2.56. The molecular formula is C16H12F3NO. The number of nitrogen functional groups attached to an aromatic ring is 1. The summed E-state index contributed by atoms with van der Waals surface area (Å²) in [7, 11) is 0. The molecule has 2 aromatic carbocycles. The van der Waals surface area contributed by atoms with E-state index in [9.17, 15) is 18.0 Å². The van der Waals surface area contributed by atoms with Gasteiger partial charge in [-0.3, -0.25) is 4.79 Å². The maximum Gasteiger partial charge on any atom is 0.416 e. The first-order valence-electron chi connectivity index (χ1n) is 6.11. The Morgan fingerprint density at radius 3 is 2.29 bits per heavy atom. The summed E-state index contributed by atoms with van der Waals surface area (Å²) < 4.78 is 37.2. The molecular weight excluding hydrogens is 279 g/mol. The average molecular weight is 291 g/mol. The lowest BCUT2D eigenvalue weighted by Crippen LogP contribution is -2.04. The van der Waals surface area contributed by atoms with E-state index >= 15 is 0 Å². The highest BCUT2D eigenvalue weighted by atomic mass is 19.4. The molecule has 21 heavy (non-hydrogen) atoms. The fourth-order valence-electron chi connectivity index (χ4n) is 1.74. The van der Waals surface area contributed by atoms with E-state index in [1.807, 2.05) is 0 Å². The first-order chi connectivity index (χ1) is 9.86. The number of benzene rings is 2. The van der Waals surface area contributed by atoms with Crippen LogP contribution in [-0.4, -0.2) is 5.78 Å². The molecule has 5 heteroatoms. The van der Waals surface area contributed by atoms with Crippen LogP contribution in [-0.2, 0) is 6.18 Å². The Kier molecular flexibility index (Phi) is 4.12. The van der Waals surface area contributed by atoms with Crippen LogP contribution in [0.15, 0.2) is 54.6 Å². The molecule has 2 aromatic rings. The number of halogens is 3. The summed E-state index contributed by atoms with van der Waals surface area (Å²) in [6.07, 6.45) is -1.59. The second-order valence-electron chi connectivity index (χ2n) is 4.44. The van der Waals surface area contributed by atoms with Crippen molar-refractivity contribution in [1.82, 2.24) is 0 Å². The highest BCUT2D eigenvalue weighted by molar-refractivity contribution is 6.07. The molecule has 0 saturated carbocycles. The van der Waals surface area contributed by atoms with E-state index in [0.717, 1.165) is 12.1 Å². The van der Waals surface area contributed by atoms with Crippen LogP contribution in [0.3, 0.4) is 0 Å². The Bertz CT molecular complexity index is 673. The molecule has 0 aliphatic carbocycles. The van der Waals surface area contributed by atoms with Crippen LogP contribution in [0.1, 0.15) is 21.5 Å². The van der Waals surface area contributed by atoms with Crippen molar-refractivity contribution >= 4 is 17.5 Å². The Labute approximate surface area is 119 Å². The molecule has 108 valence electrons. The number of ketones is 1. The topological polar surface area (TPSA) is 43.1 Å². The van der Waals surface area contributed by atoms with Gasteiger partial charge in [0.2, 0.25) is 0 Å². The lowest BCUT2D eigenvalue weighted by molar-refractivity contribution is -0.137. The van der Waals surface area contributed by atoms with E-state index < -0.39 is 11.7 Å². The van der Waals surface area contributed by atoms with Crippen molar-refractivity contribution in [3.05, 3.63) is 71.3 Å². The third kappa shape index (κ3) is 3.95. The largest absolute Gasteiger partial charge is 0.416 e. The molecule has 0 radical (unpaired) electrons. The summed E-state index contributed by atoms with van der Waals surface area (Å²) in [6.45, 7) is 0. The summed E-state index contributed by atoms with van der Waals surface area (Å²) in [5.41, 5.74) is 6.28.